The lowest BCUT2D eigenvalue weighted by atomic mass is 10.4. The fraction of sp³-hybridized carbons (Fsp3) is 0. The Kier molecular flexibility index (Phi) is 4.49. The summed E-state index contributed by atoms with van der Waals surface area (Å²) in [7, 11) is 0. The Labute approximate surface area is 221 Å². The number of hydrogen-bond acceptors (Lipinski definition) is 10. The number of thiazole rings is 2. The Hall–Kier alpha value is -1.64. The topological polar surface area (TPSA) is 25.8 Å². The summed E-state index contributed by atoms with van der Waals surface area (Å²) in [6, 6.07) is 8.39. The minimum atomic E-state index is -0.639. The standard InChI is InChI=1S/C22H6F2N2S8/c23-19-17(33-21(25-19)11-5-9-15(31-11)13-7(29-9)1-3-27-13)18-20(24)26-22(34-18)12-6-10-16(32-12)14-8(30-10)2-4-28-14/h1-6H. The summed E-state index contributed by atoms with van der Waals surface area (Å²) in [4.78, 5) is 10.6. The van der Waals surface area contributed by atoms with Crippen LogP contribution in [-0.2, 0) is 0 Å². The van der Waals surface area contributed by atoms with E-state index in [0.29, 0.717) is 10.0 Å². The van der Waals surface area contributed by atoms with Crippen molar-refractivity contribution in [1.82, 2.24) is 9.97 Å². The van der Waals surface area contributed by atoms with Gasteiger partial charge in [0, 0.05) is 18.8 Å². The molecule has 0 aliphatic heterocycles. The maximum absolute atomic E-state index is 14.9. The van der Waals surface area contributed by atoms with Gasteiger partial charge in [-0.2, -0.15) is 8.78 Å². The summed E-state index contributed by atoms with van der Waals surface area (Å²) < 4.78 is 39.8. The van der Waals surface area contributed by atoms with Gasteiger partial charge in [-0.15, -0.1) is 90.7 Å². The predicted molar refractivity (Wildman–Crippen MR) is 151 cm³/mol. The Morgan fingerprint density at radius 2 is 1.00 bits per heavy atom. The van der Waals surface area contributed by atoms with Crippen LogP contribution in [-0.4, -0.2) is 9.97 Å². The van der Waals surface area contributed by atoms with Crippen LogP contribution in [0.3, 0.4) is 0 Å². The van der Waals surface area contributed by atoms with Crippen LogP contribution in [0.15, 0.2) is 35.0 Å². The fourth-order valence-electron chi connectivity index (χ4n) is 3.85. The van der Waals surface area contributed by atoms with Crippen molar-refractivity contribution in [2.75, 3.05) is 0 Å². The fourth-order valence-corrected chi connectivity index (χ4v) is 13.5. The third-order valence-electron chi connectivity index (χ3n) is 5.31. The second-order valence-corrected chi connectivity index (χ2v) is 15.4. The first-order chi connectivity index (χ1) is 16.6. The van der Waals surface area contributed by atoms with Crippen LogP contribution in [0, 0.1) is 11.9 Å². The zero-order valence-corrected chi connectivity index (χ0v) is 22.9. The quantitative estimate of drug-likeness (QED) is 0.204. The first-order valence-corrected chi connectivity index (χ1v) is 16.4. The van der Waals surface area contributed by atoms with Crippen molar-refractivity contribution < 1.29 is 8.78 Å². The molecule has 0 aliphatic rings. The SMILES string of the molecule is Fc1nc(-c2cc3sc4ccsc4c3s2)sc1-c1sc(-c2cc3sc4ccsc4c3s2)nc1F. The molecule has 0 atom stereocenters. The van der Waals surface area contributed by atoms with Gasteiger partial charge in [-0.3, -0.25) is 0 Å². The highest BCUT2D eigenvalue weighted by atomic mass is 32.1. The molecule has 0 spiro atoms. The molecule has 0 amide bonds. The average Bonchev–Trinajstić information content (AvgIpc) is 3.60. The molecule has 0 aromatic carbocycles. The van der Waals surface area contributed by atoms with Gasteiger partial charge < -0.3 is 0 Å². The largest absolute Gasteiger partial charge is 0.233 e. The number of aromatic nitrogens is 2. The number of rotatable bonds is 3. The van der Waals surface area contributed by atoms with E-state index in [9.17, 15) is 8.78 Å². The minimum absolute atomic E-state index is 0.216. The summed E-state index contributed by atoms with van der Waals surface area (Å²) in [5.74, 6) is -1.28. The zero-order chi connectivity index (χ0) is 22.6. The summed E-state index contributed by atoms with van der Waals surface area (Å²) in [6.07, 6.45) is 0. The third-order valence-corrected chi connectivity index (χ3v) is 15.0. The van der Waals surface area contributed by atoms with Gasteiger partial charge in [0.25, 0.3) is 0 Å². The molecule has 0 radical (unpaired) electrons. The van der Waals surface area contributed by atoms with E-state index in [-0.39, 0.29) is 9.75 Å². The number of fused-ring (bicyclic) bond motifs is 6. The average molecular weight is 593 g/mol. The zero-order valence-electron chi connectivity index (χ0n) is 16.4. The van der Waals surface area contributed by atoms with E-state index in [4.69, 9.17) is 0 Å². The monoisotopic (exact) mass is 592 g/mol. The Morgan fingerprint density at radius 1 is 0.529 bits per heavy atom. The molecule has 34 heavy (non-hydrogen) atoms. The van der Waals surface area contributed by atoms with Crippen molar-refractivity contribution in [2.24, 2.45) is 0 Å². The molecular formula is C22H6F2N2S8. The summed E-state index contributed by atoms with van der Waals surface area (Å²) in [6.45, 7) is 0. The van der Waals surface area contributed by atoms with Crippen LogP contribution in [0.2, 0.25) is 0 Å². The van der Waals surface area contributed by atoms with E-state index in [1.807, 2.05) is 0 Å². The minimum Gasteiger partial charge on any atom is -0.206 e. The second-order valence-electron chi connectivity index (χ2n) is 7.32. The molecule has 8 aromatic rings. The molecule has 8 aromatic heterocycles. The predicted octanol–water partition coefficient (Wildman–Crippen LogP) is 10.9. The van der Waals surface area contributed by atoms with Gasteiger partial charge in [0.2, 0.25) is 11.9 Å². The van der Waals surface area contributed by atoms with Crippen LogP contribution in [0.4, 0.5) is 8.78 Å². The highest BCUT2D eigenvalue weighted by Gasteiger charge is 2.24. The van der Waals surface area contributed by atoms with E-state index in [1.54, 1.807) is 68.0 Å². The maximum Gasteiger partial charge on any atom is 0.233 e. The Bertz CT molecular complexity index is 1870. The van der Waals surface area contributed by atoms with Gasteiger partial charge >= 0.3 is 0 Å². The molecule has 2 nitrogen and oxygen atoms in total. The van der Waals surface area contributed by atoms with Crippen molar-refractivity contribution >= 4 is 128 Å². The molecule has 8 heterocycles. The van der Waals surface area contributed by atoms with Gasteiger partial charge in [-0.1, -0.05) is 0 Å². The molecule has 0 N–H and O–H groups in total. The molecule has 0 saturated heterocycles. The number of thiophene rings is 6. The molecule has 12 heteroatoms. The van der Waals surface area contributed by atoms with E-state index < -0.39 is 11.9 Å². The van der Waals surface area contributed by atoms with Crippen molar-refractivity contribution in [2.45, 2.75) is 0 Å². The molecule has 0 fully saturated rings. The molecule has 0 aliphatic carbocycles. The highest BCUT2D eigenvalue weighted by Crippen LogP contribution is 2.49. The lowest BCUT2D eigenvalue weighted by Crippen LogP contribution is -1.80. The van der Waals surface area contributed by atoms with Crippen LogP contribution in [0.5, 0.6) is 0 Å². The van der Waals surface area contributed by atoms with Gasteiger partial charge in [0.05, 0.1) is 28.6 Å². The van der Waals surface area contributed by atoms with Gasteiger partial charge in [0.15, 0.2) is 0 Å². The molecule has 0 unspecified atom stereocenters. The number of nitrogens with zero attached hydrogens (tertiary/aromatic N) is 2. The van der Waals surface area contributed by atoms with Gasteiger partial charge in [-0.05, 0) is 35.0 Å². The van der Waals surface area contributed by atoms with Crippen LogP contribution in [0.1, 0.15) is 0 Å². The highest BCUT2D eigenvalue weighted by molar-refractivity contribution is 7.40. The van der Waals surface area contributed by atoms with Crippen molar-refractivity contribution in [1.29, 1.82) is 0 Å². The van der Waals surface area contributed by atoms with Crippen molar-refractivity contribution in [3.8, 4) is 29.5 Å². The van der Waals surface area contributed by atoms with E-state index >= 15 is 0 Å². The lowest BCUT2D eigenvalue weighted by molar-refractivity contribution is 0.583. The Morgan fingerprint density at radius 3 is 1.47 bits per heavy atom. The third kappa shape index (κ3) is 2.94. The van der Waals surface area contributed by atoms with E-state index in [0.717, 1.165) is 9.75 Å². The van der Waals surface area contributed by atoms with E-state index in [2.05, 4.69) is 45.0 Å². The summed E-state index contributed by atoms with van der Waals surface area (Å²) in [5.41, 5.74) is 0. The number of hydrogen-bond donors (Lipinski definition) is 0. The second kappa shape index (κ2) is 7.43. The summed E-state index contributed by atoms with van der Waals surface area (Å²) >= 11 is 12.5. The first-order valence-electron chi connectivity index (χ1n) is 9.75. The normalized spacial score (nSPS) is 12.4. The van der Waals surface area contributed by atoms with Crippen molar-refractivity contribution in [3.05, 3.63) is 46.9 Å². The molecule has 8 rings (SSSR count). The molecule has 0 saturated carbocycles. The molecule has 166 valence electrons. The van der Waals surface area contributed by atoms with Crippen molar-refractivity contribution in [3.63, 3.8) is 0 Å². The lowest BCUT2D eigenvalue weighted by Gasteiger charge is -1.89. The maximum atomic E-state index is 14.9. The summed E-state index contributed by atoms with van der Waals surface area (Å²) in [5, 5.41) is 5.34. The number of halogens is 2. The van der Waals surface area contributed by atoms with Gasteiger partial charge in [-0.25, -0.2) is 9.97 Å². The molecular weight excluding hydrogens is 587 g/mol. The van der Waals surface area contributed by atoms with Crippen LogP contribution < -0.4 is 0 Å². The van der Waals surface area contributed by atoms with E-state index in [1.165, 1.54) is 60.3 Å². The van der Waals surface area contributed by atoms with Gasteiger partial charge in [0.1, 0.15) is 19.8 Å². The first kappa shape index (κ1) is 20.5. The Balaban J connectivity index is 1.20. The van der Waals surface area contributed by atoms with Crippen LogP contribution in [0.25, 0.3) is 67.1 Å². The van der Waals surface area contributed by atoms with Crippen LogP contribution >= 0.6 is 90.7 Å². The molecule has 0 bridgehead atoms. The smallest absolute Gasteiger partial charge is 0.206 e.